The number of rotatable bonds is 7. The lowest BCUT2D eigenvalue weighted by Gasteiger charge is -2.30. The quantitative estimate of drug-likeness (QED) is 0.804. The number of ether oxygens (including phenoxy) is 1. The van der Waals surface area contributed by atoms with E-state index in [9.17, 15) is 4.79 Å². The highest BCUT2D eigenvalue weighted by Crippen LogP contribution is 2.15. The molecule has 0 saturated carbocycles. The zero-order valence-electron chi connectivity index (χ0n) is 15.8. The third-order valence-electron chi connectivity index (χ3n) is 3.86. The number of halogens is 1. The minimum absolute atomic E-state index is 0. The zero-order chi connectivity index (χ0) is 17.6. The van der Waals surface area contributed by atoms with E-state index in [1.54, 1.807) is 6.92 Å². The van der Waals surface area contributed by atoms with Crippen LogP contribution in [-0.4, -0.2) is 46.2 Å². The van der Waals surface area contributed by atoms with Crippen LogP contribution in [-0.2, 0) is 11.2 Å². The second-order valence-corrected chi connectivity index (χ2v) is 6.22. The van der Waals surface area contributed by atoms with Gasteiger partial charge in [0.2, 0.25) is 5.95 Å². The summed E-state index contributed by atoms with van der Waals surface area (Å²) in [7, 11) is 0. The van der Waals surface area contributed by atoms with Crippen molar-refractivity contribution in [2.45, 2.75) is 67.0 Å². The Labute approximate surface area is 151 Å². The summed E-state index contributed by atoms with van der Waals surface area (Å²) in [6.45, 7) is 15.8. The van der Waals surface area contributed by atoms with Crippen LogP contribution in [0, 0.1) is 13.8 Å². The Balaban J connectivity index is 0.00000529. The maximum atomic E-state index is 11.5. The molecule has 0 unspecified atom stereocenters. The molecule has 0 fully saturated rings. The van der Waals surface area contributed by atoms with Gasteiger partial charge in [0, 0.05) is 30.0 Å². The summed E-state index contributed by atoms with van der Waals surface area (Å²) in [5, 5.41) is 2.56. The maximum Gasteiger partial charge on any atom is 0.414 e. The second kappa shape index (κ2) is 10.5. The van der Waals surface area contributed by atoms with Crippen molar-refractivity contribution < 1.29 is 9.53 Å². The Morgan fingerprint density at radius 3 is 2.04 bits per heavy atom. The van der Waals surface area contributed by atoms with Crippen molar-refractivity contribution >= 4 is 24.4 Å². The predicted octanol–water partition coefficient (Wildman–Crippen LogP) is 3.74. The number of anilines is 1. The number of hydrogen-bond acceptors (Lipinski definition) is 5. The molecular weight excluding hydrogens is 328 g/mol. The minimum Gasteiger partial charge on any atom is -0.450 e. The Hall–Kier alpha value is -1.40. The molecule has 1 N–H and O–H groups in total. The molecule has 0 aliphatic carbocycles. The van der Waals surface area contributed by atoms with Crippen LogP contribution in [0.1, 0.15) is 51.6 Å². The first-order valence-electron chi connectivity index (χ1n) is 8.29. The second-order valence-electron chi connectivity index (χ2n) is 6.22. The molecule has 0 spiro atoms. The van der Waals surface area contributed by atoms with Crippen molar-refractivity contribution in [3.05, 3.63) is 17.0 Å². The molecule has 0 bridgehead atoms. The van der Waals surface area contributed by atoms with Crippen LogP contribution in [0.15, 0.2) is 0 Å². The molecule has 0 atom stereocenters. The smallest absolute Gasteiger partial charge is 0.414 e. The van der Waals surface area contributed by atoms with Gasteiger partial charge in [0.1, 0.15) is 0 Å². The Bertz CT molecular complexity index is 504. The summed E-state index contributed by atoms with van der Waals surface area (Å²) in [6.07, 6.45) is 0.373. The number of hydrogen-bond donors (Lipinski definition) is 1. The molecule has 1 aromatic rings. The highest BCUT2D eigenvalue weighted by molar-refractivity contribution is 5.85. The van der Waals surface area contributed by atoms with Crippen molar-refractivity contribution in [2.75, 3.05) is 18.5 Å². The van der Waals surface area contributed by atoms with Crippen LogP contribution >= 0.6 is 12.4 Å². The van der Waals surface area contributed by atoms with Crippen molar-refractivity contribution in [1.29, 1.82) is 0 Å². The summed E-state index contributed by atoms with van der Waals surface area (Å²) in [5.74, 6) is 0.298. The lowest BCUT2D eigenvalue weighted by molar-refractivity contribution is 0.167. The molecule has 7 heteroatoms. The largest absolute Gasteiger partial charge is 0.450 e. The number of amides is 1. The number of carbonyl (C=O) groups is 1. The van der Waals surface area contributed by atoms with Crippen LogP contribution in [0.25, 0.3) is 0 Å². The average Bonchev–Trinajstić information content (AvgIpc) is 2.41. The van der Waals surface area contributed by atoms with Gasteiger partial charge in [0.15, 0.2) is 0 Å². The molecule has 0 radical (unpaired) electrons. The Morgan fingerprint density at radius 1 is 1.12 bits per heavy atom. The van der Waals surface area contributed by atoms with Gasteiger partial charge in [-0.25, -0.2) is 14.8 Å². The molecule has 1 rings (SSSR count). The number of aromatic nitrogens is 2. The monoisotopic (exact) mass is 358 g/mol. The SMILES string of the molecule is CCOC(=O)Nc1nc(C)c(CCN(C(C)C)C(C)C)c(C)n1.Cl. The fourth-order valence-electron chi connectivity index (χ4n) is 2.77. The van der Waals surface area contributed by atoms with Crippen LogP contribution in [0.4, 0.5) is 10.7 Å². The van der Waals surface area contributed by atoms with Gasteiger partial charge in [-0.05, 0) is 60.5 Å². The van der Waals surface area contributed by atoms with Gasteiger partial charge < -0.3 is 4.74 Å². The van der Waals surface area contributed by atoms with Crippen LogP contribution in [0.5, 0.6) is 0 Å². The molecule has 0 aliphatic rings. The molecule has 1 heterocycles. The van der Waals surface area contributed by atoms with E-state index < -0.39 is 6.09 Å². The minimum atomic E-state index is -0.523. The van der Waals surface area contributed by atoms with Gasteiger partial charge in [-0.2, -0.15) is 0 Å². The summed E-state index contributed by atoms with van der Waals surface area (Å²) in [6, 6.07) is 1.00. The summed E-state index contributed by atoms with van der Waals surface area (Å²) in [5.41, 5.74) is 2.94. The third-order valence-corrected chi connectivity index (χ3v) is 3.86. The van der Waals surface area contributed by atoms with E-state index in [-0.39, 0.29) is 12.4 Å². The molecule has 0 saturated heterocycles. The molecule has 0 aliphatic heterocycles. The highest BCUT2D eigenvalue weighted by Gasteiger charge is 2.16. The number of nitrogens with one attached hydrogen (secondary N) is 1. The van der Waals surface area contributed by atoms with E-state index in [1.165, 1.54) is 0 Å². The number of carbonyl (C=O) groups excluding carboxylic acids is 1. The van der Waals surface area contributed by atoms with E-state index in [0.717, 1.165) is 29.9 Å². The summed E-state index contributed by atoms with van der Waals surface area (Å²) in [4.78, 5) is 22.7. The first-order chi connectivity index (χ1) is 10.8. The molecule has 0 aromatic carbocycles. The Kier molecular flexibility index (Phi) is 9.85. The van der Waals surface area contributed by atoms with Crippen molar-refractivity contribution in [3.63, 3.8) is 0 Å². The zero-order valence-corrected chi connectivity index (χ0v) is 16.7. The highest BCUT2D eigenvalue weighted by atomic mass is 35.5. The van der Waals surface area contributed by atoms with E-state index in [1.807, 2.05) is 13.8 Å². The van der Waals surface area contributed by atoms with Crippen LogP contribution in [0.3, 0.4) is 0 Å². The van der Waals surface area contributed by atoms with Crippen molar-refractivity contribution in [3.8, 4) is 0 Å². The fraction of sp³-hybridized carbons (Fsp3) is 0.706. The number of nitrogens with zero attached hydrogens (tertiary/aromatic N) is 3. The normalized spacial score (nSPS) is 10.9. The maximum absolute atomic E-state index is 11.5. The van der Waals surface area contributed by atoms with Crippen molar-refractivity contribution in [2.24, 2.45) is 0 Å². The molecule has 24 heavy (non-hydrogen) atoms. The van der Waals surface area contributed by atoms with Crippen LogP contribution < -0.4 is 5.32 Å². The summed E-state index contributed by atoms with van der Waals surface area (Å²) >= 11 is 0. The average molecular weight is 359 g/mol. The summed E-state index contributed by atoms with van der Waals surface area (Å²) < 4.78 is 4.85. The van der Waals surface area contributed by atoms with Crippen LogP contribution in [0.2, 0.25) is 0 Å². The first kappa shape index (κ1) is 22.6. The van der Waals surface area contributed by atoms with Gasteiger partial charge >= 0.3 is 6.09 Å². The molecular formula is C17H31ClN4O2. The van der Waals surface area contributed by atoms with E-state index in [0.29, 0.717) is 24.6 Å². The third kappa shape index (κ3) is 6.61. The van der Waals surface area contributed by atoms with Gasteiger partial charge in [0.05, 0.1) is 6.61 Å². The Morgan fingerprint density at radius 2 is 1.62 bits per heavy atom. The fourth-order valence-corrected chi connectivity index (χ4v) is 2.77. The lowest BCUT2D eigenvalue weighted by atomic mass is 10.1. The topological polar surface area (TPSA) is 67.3 Å². The van der Waals surface area contributed by atoms with Gasteiger partial charge in [-0.15, -0.1) is 12.4 Å². The van der Waals surface area contributed by atoms with Gasteiger partial charge in [-0.1, -0.05) is 0 Å². The first-order valence-corrected chi connectivity index (χ1v) is 8.29. The molecule has 6 nitrogen and oxygen atoms in total. The van der Waals surface area contributed by atoms with E-state index in [2.05, 4.69) is 47.9 Å². The molecule has 1 aromatic heterocycles. The number of aryl methyl sites for hydroxylation is 2. The van der Waals surface area contributed by atoms with E-state index >= 15 is 0 Å². The lowest BCUT2D eigenvalue weighted by Crippen LogP contribution is -2.38. The van der Waals surface area contributed by atoms with Crippen molar-refractivity contribution in [1.82, 2.24) is 14.9 Å². The molecule has 1 amide bonds. The van der Waals surface area contributed by atoms with Gasteiger partial charge in [-0.3, -0.25) is 10.2 Å². The standard InChI is InChI=1S/C17H30N4O2.ClH/c1-8-23-17(22)20-16-18-13(6)15(14(7)19-16)9-10-21(11(2)3)12(4)5;/h11-12H,8-10H2,1-7H3,(H,18,19,20,22);1H. The predicted molar refractivity (Wildman–Crippen MR) is 100 cm³/mol. The molecule has 138 valence electrons. The van der Waals surface area contributed by atoms with E-state index in [4.69, 9.17) is 4.74 Å². The van der Waals surface area contributed by atoms with Gasteiger partial charge in [0.25, 0.3) is 0 Å².